The first-order valence-electron chi connectivity index (χ1n) is 9.32. The van der Waals surface area contributed by atoms with Gasteiger partial charge in [-0.1, -0.05) is 24.3 Å². The van der Waals surface area contributed by atoms with Gasteiger partial charge in [0.05, 0.1) is 10.6 Å². The van der Waals surface area contributed by atoms with Crippen LogP contribution < -0.4 is 26.6 Å². The molecule has 0 unspecified atom stereocenters. The van der Waals surface area contributed by atoms with E-state index in [1.54, 1.807) is 30.3 Å². The Kier molecular flexibility index (Phi) is 6.63. The van der Waals surface area contributed by atoms with Crippen LogP contribution >= 0.6 is 0 Å². The van der Waals surface area contributed by atoms with Gasteiger partial charge in [0.2, 0.25) is 0 Å². The summed E-state index contributed by atoms with van der Waals surface area (Å²) in [5, 5.41) is 2.41. The smallest absolute Gasteiger partial charge is 0.357 e. The van der Waals surface area contributed by atoms with Crippen molar-refractivity contribution in [2.75, 3.05) is 29.0 Å². The molecule has 3 aromatic rings. The zero-order valence-electron chi connectivity index (χ0n) is 17.2. The second-order valence-corrected chi connectivity index (χ2v) is 8.63. The van der Waals surface area contributed by atoms with Crippen LogP contribution in [0.1, 0.15) is 10.5 Å². The van der Waals surface area contributed by atoms with Crippen LogP contribution in [0.15, 0.2) is 69.1 Å². The Morgan fingerprint density at radius 1 is 1.06 bits per heavy atom. The molecule has 0 bridgehead atoms. The number of ether oxygens (including phenoxy) is 1. The summed E-state index contributed by atoms with van der Waals surface area (Å²) in [5.41, 5.74) is 2.92. The number of aromatic amines is 2. The Morgan fingerprint density at radius 2 is 1.76 bits per heavy atom. The van der Waals surface area contributed by atoms with Crippen molar-refractivity contribution in [2.24, 2.45) is 0 Å². The summed E-state index contributed by atoms with van der Waals surface area (Å²) in [6, 6.07) is 14.0. The quantitative estimate of drug-likeness (QED) is 0.352. The van der Waals surface area contributed by atoms with Crippen molar-refractivity contribution in [1.29, 1.82) is 0 Å². The number of nitrogen functional groups attached to an aromatic ring is 1. The molecule has 5 N–H and O–H groups in total. The van der Waals surface area contributed by atoms with Crippen LogP contribution in [0.3, 0.4) is 0 Å². The molecule has 0 aliphatic carbocycles. The molecule has 3 rings (SSSR count). The van der Waals surface area contributed by atoms with Crippen LogP contribution in [0.2, 0.25) is 0 Å². The van der Waals surface area contributed by atoms with Crippen LogP contribution in [0.5, 0.6) is 0 Å². The fourth-order valence-electron chi connectivity index (χ4n) is 2.73. The van der Waals surface area contributed by atoms with E-state index in [9.17, 15) is 27.6 Å². The van der Waals surface area contributed by atoms with Crippen molar-refractivity contribution in [3.05, 3.63) is 81.1 Å². The average molecular weight is 473 g/mol. The third kappa shape index (κ3) is 5.27. The first kappa shape index (κ1) is 23.3. The SMILES string of the molecule is CN(c1ccccc1)S(=O)(=O)c1cccc(NC(=O)COC(=O)c2[nH]c(=O)[nH]c(=O)c2N)c1. The molecule has 0 saturated heterocycles. The topological polar surface area (TPSA) is 185 Å². The summed E-state index contributed by atoms with van der Waals surface area (Å²) < 4.78 is 31.7. The molecule has 1 amide bonds. The lowest BCUT2D eigenvalue weighted by Gasteiger charge is -2.19. The number of hydrogen-bond donors (Lipinski definition) is 4. The lowest BCUT2D eigenvalue weighted by molar-refractivity contribution is -0.119. The predicted octanol–water partition coefficient (Wildman–Crippen LogP) is 0.266. The molecule has 0 aliphatic heterocycles. The summed E-state index contributed by atoms with van der Waals surface area (Å²) in [6.45, 7) is -0.784. The van der Waals surface area contributed by atoms with E-state index in [1.165, 1.54) is 31.3 Å². The van der Waals surface area contributed by atoms with Gasteiger partial charge in [-0.05, 0) is 30.3 Å². The lowest BCUT2D eigenvalue weighted by atomic mass is 10.3. The molecular formula is C20H19N5O7S. The van der Waals surface area contributed by atoms with E-state index in [1.807, 2.05) is 9.97 Å². The number of nitrogens with one attached hydrogen (secondary N) is 3. The number of H-pyrrole nitrogens is 2. The van der Waals surface area contributed by atoms with Gasteiger partial charge in [0.1, 0.15) is 5.69 Å². The number of nitrogens with zero attached hydrogens (tertiary/aromatic N) is 1. The van der Waals surface area contributed by atoms with E-state index < -0.39 is 51.1 Å². The predicted molar refractivity (Wildman–Crippen MR) is 119 cm³/mol. The van der Waals surface area contributed by atoms with Gasteiger partial charge in [-0.2, -0.15) is 0 Å². The van der Waals surface area contributed by atoms with Crippen LogP contribution in [0, 0.1) is 0 Å². The van der Waals surface area contributed by atoms with Crippen molar-refractivity contribution >= 4 is 39.0 Å². The molecular weight excluding hydrogens is 454 g/mol. The molecule has 13 heteroatoms. The Hall–Kier alpha value is -4.39. The standard InChI is InChI=1S/C20H19N5O7S/c1-25(13-7-3-2-4-8-13)33(30,31)14-9-5-6-12(10-14)22-15(26)11-32-19(28)17-16(21)18(27)24-20(29)23-17/h2-10H,11,21H2,1H3,(H,22,26)(H2,23,24,27,29). The van der Waals surface area contributed by atoms with E-state index in [0.29, 0.717) is 5.69 Å². The van der Waals surface area contributed by atoms with E-state index in [-0.39, 0.29) is 10.6 Å². The summed E-state index contributed by atoms with van der Waals surface area (Å²) in [6.07, 6.45) is 0. The Labute approximate surface area is 187 Å². The molecule has 0 spiro atoms. The van der Waals surface area contributed by atoms with E-state index in [4.69, 9.17) is 10.5 Å². The molecule has 0 aliphatic rings. The number of esters is 1. The summed E-state index contributed by atoms with van der Waals surface area (Å²) in [7, 11) is -2.51. The molecule has 2 aromatic carbocycles. The van der Waals surface area contributed by atoms with E-state index in [0.717, 1.165) is 4.31 Å². The first-order valence-corrected chi connectivity index (χ1v) is 10.8. The fraction of sp³-hybridized carbons (Fsp3) is 0.100. The molecule has 0 fully saturated rings. The van der Waals surface area contributed by atoms with Gasteiger partial charge in [-0.15, -0.1) is 0 Å². The maximum atomic E-state index is 12.9. The van der Waals surface area contributed by atoms with E-state index in [2.05, 4.69) is 5.32 Å². The van der Waals surface area contributed by atoms with Gasteiger partial charge in [0, 0.05) is 12.7 Å². The zero-order valence-corrected chi connectivity index (χ0v) is 18.0. The maximum Gasteiger partial charge on any atom is 0.357 e. The second kappa shape index (κ2) is 9.40. The van der Waals surface area contributed by atoms with Crippen LogP contribution in [0.25, 0.3) is 0 Å². The number of nitrogens with two attached hydrogens (primary N) is 1. The fourth-order valence-corrected chi connectivity index (χ4v) is 3.97. The molecule has 1 heterocycles. The lowest BCUT2D eigenvalue weighted by Crippen LogP contribution is -2.30. The monoisotopic (exact) mass is 473 g/mol. The summed E-state index contributed by atoms with van der Waals surface area (Å²) >= 11 is 0. The van der Waals surface area contributed by atoms with Crippen molar-refractivity contribution in [1.82, 2.24) is 9.97 Å². The largest absolute Gasteiger partial charge is 0.451 e. The zero-order chi connectivity index (χ0) is 24.2. The number of anilines is 3. The molecule has 0 atom stereocenters. The van der Waals surface area contributed by atoms with Gasteiger partial charge in [-0.3, -0.25) is 23.9 Å². The second-order valence-electron chi connectivity index (χ2n) is 6.66. The highest BCUT2D eigenvalue weighted by atomic mass is 32.2. The van der Waals surface area contributed by atoms with Crippen LogP contribution in [0.4, 0.5) is 17.1 Å². The van der Waals surface area contributed by atoms with E-state index >= 15 is 0 Å². The molecule has 0 radical (unpaired) electrons. The number of carbonyl (C=O) groups excluding carboxylic acids is 2. The Bertz CT molecular complexity index is 1410. The number of para-hydroxylation sites is 1. The molecule has 172 valence electrons. The van der Waals surface area contributed by atoms with Crippen molar-refractivity contribution in [3.8, 4) is 0 Å². The number of aromatic nitrogens is 2. The third-order valence-electron chi connectivity index (χ3n) is 4.41. The van der Waals surface area contributed by atoms with Crippen LogP contribution in [-0.4, -0.2) is 43.9 Å². The third-order valence-corrected chi connectivity index (χ3v) is 6.20. The highest BCUT2D eigenvalue weighted by Gasteiger charge is 2.22. The average Bonchev–Trinajstić information content (AvgIpc) is 2.80. The maximum absolute atomic E-state index is 12.9. The number of carbonyl (C=O) groups is 2. The van der Waals surface area contributed by atoms with Crippen molar-refractivity contribution < 1.29 is 22.7 Å². The molecule has 12 nitrogen and oxygen atoms in total. The summed E-state index contributed by atoms with van der Waals surface area (Å²) in [4.78, 5) is 50.7. The normalized spacial score (nSPS) is 10.9. The minimum absolute atomic E-state index is 0.0718. The number of hydrogen-bond acceptors (Lipinski definition) is 8. The first-order chi connectivity index (χ1) is 15.6. The van der Waals surface area contributed by atoms with Gasteiger partial charge in [-0.25, -0.2) is 18.0 Å². The number of sulfonamides is 1. The number of amides is 1. The number of rotatable bonds is 7. The van der Waals surface area contributed by atoms with Gasteiger partial charge in [0.25, 0.3) is 21.5 Å². The Balaban J connectivity index is 1.69. The highest BCUT2D eigenvalue weighted by Crippen LogP contribution is 2.23. The molecule has 1 aromatic heterocycles. The Morgan fingerprint density at radius 3 is 2.45 bits per heavy atom. The van der Waals surface area contributed by atoms with Gasteiger partial charge < -0.3 is 15.8 Å². The van der Waals surface area contributed by atoms with Crippen molar-refractivity contribution in [2.45, 2.75) is 4.90 Å². The van der Waals surface area contributed by atoms with Gasteiger partial charge >= 0.3 is 11.7 Å². The number of benzene rings is 2. The minimum Gasteiger partial charge on any atom is -0.451 e. The van der Waals surface area contributed by atoms with Crippen molar-refractivity contribution in [3.63, 3.8) is 0 Å². The molecule has 0 saturated carbocycles. The summed E-state index contributed by atoms with van der Waals surface area (Å²) in [5.74, 6) is -1.98. The highest BCUT2D eigenvalue weighted by molar-refractivity contribution is 7.92. The molecule has 33 heavy (non-hydrogen) atoms. The minimum atomic E-state index is -3.91. The van der Waals surface area contributed by atoms with Gasteiger partial charge in [0.15, 0.2) is 12.3 Å². The van der Waals surface area contributed by atoms with Crippen LogP contribution in [-0.2, 0) is 19.6 Å².